The Balaban J connectivity index is 1.52. The highest BCUT2D eigenvalue weighted by molar-refractivity contribution is 7.58. The maximum Gasteiger partial charge on any atom is 0.303 e. The first-order valence-electron chi connectivity index (χ1n) is 14.9. The summed E-state index contributed by atoms with van der Waals surface area (Å²) in [5, 5.41) is 22.4. The molecule has 0 saturated heterocycles. The molecule has 2 aromatic carbocycles. The molecule has 44 heavy (non-hydrogen) atoms. The van der Waals surface area contributed by atoms with Crippen molar-refractivity contribution in [3.05, 3.63) is 88.3 Å². The molecule has 0 bridgehead atoms. The van der Waals surface area contributed by atoms with E-state index in [1.807, 2.05) is 43.9 Å². The molecule has 0 radical (unpaired) electrons. The number of ketones is 1. The van der Waals surface area contributed by atoms with Crippen LogP contribution >= 0.6 is 7.60 Å². The van der Waals surface area contributed by atoms with Gasteiger partial charge in [-0.05, 0) is 63.5 Å². The molecule has 1 aliphatic carbocycles. The Kier molecular flexibility index (Phi) is 8.12. The average molecular weight is 618 g/mol. The van der Waals surface area contributed by atoms with Gasteiger partial charge in [0.25, 0.3) is 0 Å². The Morgan fingerprint density at radius 1 is 1.02 bits per heavy atom. The number of rotatable bonds is 10. The summed E-state index contributed by atoms with van der Waals surface area (Å²) < 4.78 is 14.0. The van der Waals surface area contributed by atoms with Gasteiger partial charge in [-0.1, -0.05) is 37.8 Å². The molecule has 2 heterocycles. The number of aliphatic carboxylic acids is 1. The Morgan fingerprint density at radius 3 is 2.36 bits per heavy atom. The van der Waals surface area contributed by atoms with E-state index in [1.54, 1.807) is 18.2 Å². The monoisotopic (exact) mass is 617 g/mol. The molecule has 2 N–H and O–H groups in total. The normalized spacial score (nSPS) is 21.5. The van der Waals surface area contributed by atoms with Gasteiger partial charge in [-0.15, -0.1) is 0 Å². The topological polar surface area (TPSA) is 144 Å². The maximum atomic E-state index is 13.6. The largest absolute Gasteiger partial charge is 0.871 e. The third kappa shape index (κ3) is 5.27. The number of hydrogen-bond donors (Lipinski definition) is 2. The summed E-state index contributed by atoms with van der Waals surface area (Å²) in [5.41, 5.74) is 4.11. The molecule has 1 unspecified atom stereocenters. The molecule has 0 spiro atoms. The van der Waals surface area contributed by atoms with E-state index < -0.39 is 24.4 Å². The van der Waals surface area contributed by atoms with Crippen LogP contribution in [0.3, 0.4) is 0 Å². The molecule has 0 fully saturated rings. The number of anilines is 1. The van der Waals surface area contributed by atoms with Gasteiger partial charge in [0.05, 0.1) is 5.41 Å². The highest BCUT2D eigenvalue weighted by Gasteiger charge is 2.46. The van der Waals surface area contributed by atoms with Crippen molar-refractivity contribution in [3.63, 3.8) is 0 Å². The van der Waals surface area contributed by atoms with Crippen molar-refractivity contribution in [2.75, 3.05) is 18.0 Å². The van der Waals surface area contributed by atoms with Crippen LogP contribution in [-0.2, 0) is 25.0 Å². The smallest absolute Gasteiger partial charge is 0.303 e. The summed E-state index contributed by atoms with van der Waals surface area (Å²) in [6.45, 7) is 11.0. The highest BCUT2D eigenvalue weighted by atomic mass is 31.2. The first-order chi connectivity index (χ1) is 20.6. The molecule has 2 aliphatic heterocycles. The van der Waals surface area contributed by atoms with E-state index in [0.29, 0.717) is 30.8 Å². The highest BCUT2D eigenvalue weighted by Crippen LogP contribution is 2.49. The number of hydrogen-bond acceptors (Lipinski definition) is 6. The second-order valence-corrected chi connectivity index (χ2v) is 14.2. The summed E-state index contributed by atoms with van der Waals surface area (Å²) in [6.07, 6.45) is 5.56. The predicted octanol–water partition coefficient (Wildman–Crippen LogP) is 3.70. The van der Waals surface area contributed by atoms with Gasteiger partial charge in [-0.2, -0.15) is 4.58 Å². The Bertz CT molecular complexity index is 1740. The van der Waals surface area contributed by atoms with Crippen LogP contribution < -0.4 is 20.2 Å². The van der Waals surface area contributed by atoms with Crippen molar-refractivity contribution in [3.8, 4) is 0 Å². The van der Waals surface area contributed by atoms with Gasteiger partial charge in [0, 0.05) is 70.3 Å². The van der Waals surface area contributed by atoms with Gasteiger partial charge >= 0.3 is 5.97 Å². The Hall–Kier alpha value is -3.78. The zero-order valence-electron chi connectivity index (χ0n) is 25.7. The van der Waals surface area contributed by atoms with Crippen molar-refractivity contribution in [1.82, 2.24) is 0 Å². The summed E-state index contributed by atoms with van der Waals surface area (Å²) >= 11 is 0. The Labute approximate surface area is 257 Å². The minimum Gasteiger partial charge on any atom is -0.871 e. The van der Waals surface area contributed by atoms with E-state index in [0.717, 1.165) is 35.5 Å². The van der Waals surface area contributed by atoms with Gasteiger partial charge in [-0.25, -0.2) is 0 Å². The Morgan fingerprint density at radius 2 is 1.73 bits per heavy atom. The molecule has 10 heteroatoms. The number of nitrogens with zero attached hydrogens (tertiary/aromatic N) is 2. The summed E-state index contributed by atoms with van der Waals surface area (Å²) in [4.78, 5) is 48.0. The van der Waals surface area contributed by atoms with Crippen LogP contribution in [0.4, 0.5) is 11.4 Å². The van der Waals surface area contributed by atoms with Crippen LogP contribution in [-0.4, -0.2) is 45.1 Å². The molecule has 1 atom stereocenters. The van der Waals surface area contributed by atoms with E-state index in [4.69, 9.17) is 5.11 Å². The molecule has 3 aliphatic rings. The van der Waals surface area contributed by atoms with E-state index in [9.17, 15) is 29.0 Å². The number of Topliss-reactive ketones (excluding diaryl/α,β-unsaturated/α-hetero) is 1. The zero-order chi connectivity index (χ0) is 32.2. The number of unbranched alkanes of at least 4 members (excludes halogenated alkanes) is 2. The number of benzene rings is 2. The predicted molar refractivity (Wildman–Crippen MR) is 166 cm³/mol. The number of likely N-dealkylation sites (N-methyl/N-ethyl adjacent to an activating group) is 1. The molecule has 0 saturated carbocycles. The third-order valence-corrected chi connectivity index (χ3v) is 10.1. The van der Waals surface area contributed by atoms with Crippen LogP contribution in [0.15, 0.2) is 77.2 Å². The molecule has 9 nitrogen and oxygen atoms in total. The molecular formula is C34H38N2O7P-. The number of carboxylic acid groups (broad SMARTS) is 1. The fourth-order valence-electron chi connectivity index (χ4n) is 6.67. The van der Waals surface area contributed by atoms with Crippen LogP contribution in [0.5, 0.6) is 0 Å². The maximum absolute atomic E-state index is 13.6. The number of carbonyl (C=O) groups is 2. The summed E-state index contributed by atoms with van der Waals surface area (Å²) in [6, 6.07) is 12.5. The molecule has 2 aromatic rings. The lowest BCUT2D eigenvalue weighted by atomic mass is 9.77. The zero-order valence-corrected chi connectivity index (χ0v) is 26.6. The fourth-order valence-corrected chi connectivity index (χ4v) is 7.23. The molecule has 0 aromatic heterocycles. The lowest BCUT2D eigenvalue weighted by molar-refractivity contribution is -0.438. The first-order valence-corrected chi connectivity index (χ1v) is 16.5. The van der Waals surface area contributed by atoms with E-state index in [2.05, 4.69) is 24.5 Å². The van der Waals surface area contributed by atoms with Crippen molar-refractivity contribution in [2.45, 2.75) is 71.1 Å². The summed E-state index contributed by atoms with van der Waals surface area (Å²) in [7, 11) is -4.71. The average Bonchev–Trinajstić information content (AvgIpc) is 3.31. The van der Waals surface area contributed by atoms with Crippen molar-refractivity contribution >= 4 is 41.7 Å². The quantitative estimate of drug-likeness (QED) is 0.178. The van der Waals surface area contributed by atoms with E-state index in [-0.39, 0.29) is 34.4 Å². The van der Waals surface area contributed by atoms with Gasteiger partial charge in [0.15, 0.2) is 19.1 Å². The number of allylic oxidation sites excluding steroid dienone is 5. The number of para-hydroxylation sites is 1. The van der Waals surface area contributed by atoms with Crippen LogP contribution in [0, 0.1) is 0 Å². The van der Waals surface area contributed by atoms with Gasteiger partial charge < -0.3 is 29.5 Å². The fraction of sp³-hybridized carbons (Fsp3) is 0.382. The van der Waals surface area contributed by atoms with Crippen LogP contribution in [0.2, 0.25) is 0 Å². The molecule has 5 rings (SSSR count). The van der Waals surface area contributed by atoms with Crippen LogP contribution in [0.1, 0.15) is 71.4 Å². The lowest BCUT2D eigenvalue weighted by Gasteiger charge is -2.32. The van der Waals surface area contributed by atoms with E-state index in [1.165, 1.54) is 12.1 Å². The molecule has 232 valence electrons. The third-order valence-electron chi connectivity index (χ3n) is 9.13. The lowest BCUT2D eigenvalue weighted by Crippen LogP contribution is -2.35. The minimum atomic E-state index is -4.71. The minimum absolute atomic E-state index is 0.0802. The van der Waals surface area contributed by atoms with Crippen molar-refractivity contribution in [2.24, 2.45) is 0 Å². The van der Waals surface area contributed by atoms with Gasteiger partial charge in [0.2, 0.25) is 5.69 Å². The molecular weight excluding hydrogens is 579 g/mol. The standard InChI is InChI=1S/C34H39N2O7P/c1-6-35-27-16-15-21(44(41,42)43)18-25(27)34(4,5)28(35)19-22-31(39)23(32(22)40)20-29-33(2,3)24-12-9-10-13-26(24)36(29)17-11-7-8-14-30(37)38/h9-10,12-13,15-16,18-20H,6-8,11,14,17H2,1-5H3,(H3-,37,38,39,40,41,42,43)/p-1. The van der Waals surface area contributed by atoms with Gasteiger partial charge in [0.1, 0.15) is 6.54 Å². The number of fused-ring (bicyclic) bond motifs is 2. The van der Waals surface area contributed by atoms with Crippen molar-refractivity contribution in [1.29, 1.82) is 0 Å². The summed E-state index contributed by atoms with van der Waals surface area (Å²) in [5.74, 6) is -1.49. The second-order valence-electron chi connectivity index (χ2n) is 12.6. The second kappa shape index (κ2) is 11.3. The van der Waals surface area contributed by atoms with E-state index >= 15 is 0 Å². The SMILES string of the molecule is CCN1/C(=C/C2=C([O-])C(=C/C3=[N+](CCCCCC(=O)O)c4ccccc4C3(C)C)/C2=O)C(C)(C)c2cc(P(=O)([O-])O)ccc21. The van der Waals surface area contributed by atoms with Crippen molar-refractivity contribution < 1.29 is 38.7 Å². The van der Waals surface area contributed by atoms with Gasteiger partial charge in [-0.3, -0.25) is 9.59 Å². The number of carboxylic acids is 1. The van der Waals surface area contributed by atoms with Crippen LogP contribution in [0.25, 0.3) is 0 Å². The number of carbonyl (C=O) groups excluding carboxylic acids is 1. The molecule has 0 amide bonds. The first kappa shape index (κ1) is 31.6.